The number of nitrogens with zero attached hydrogens (tertiary/aromatic N) is 3. The zero-order valence-corrected chi connectivity index (χ0v) is 14.7. The Morgan fingerprint density at radius 1 is 1.26 bits per heavy atom. The molecule has 1 saturated heterocycles. The molecule has 6 nitrogen and oxygen atoms in total. The number of carbonyl (C=O) groups is 1. The Bertz CT molecular complexity index is 749. The number of hydrogen-bond acceptors (Lipinski definition) is 4. The van der Waals surface area contributed by atoms with E-state index in [1.165, 1.54) is 5.56 Å². The van der Waals surface area contributed by atoms with Crippen LogP contribution in [0.5, 0.6) is 0 Å². The number of rotatable bonds is 5. The fourth-order valence-corrected chi connectivity index (χ4v) is 3.12. The van der Waals surface area contributed by atoms with Gasteiger partial charge in [-0.25, -0.2) is 4.79 Å². The fourth-order valence-electron chi connectivity index (χ4n) is 3.12. The summed E-state index contributed by atoms with van der Waals surface area (Å²) >= 11 is 0. The van der Waals surface area contributed by atoms with Crippen molar-refractivity contribution in [2.45, 2.75) is 37.8 Å². The molecule has 9 heteroatoms. The highest BCUT2D eigenvalue weighted by Gasteiger charge is 2.39. The zero-order valence-electron chi connectivity index (χ0n) is 14.7. The number of aromatic nitrogens is 2. The molecule has 1 aliphatic heterocycles. The quantitative estimate of drug-likeness (QED) is 0.802. The topological polar surface area (TPSA) is 71.3 Å². The predicted molar refractivity (Wildman–Crippen MR) is 91.0 cm³/mol. The van der Waals surface area contributed by atoms with E-state index in [1.54, 1.807) is 4.90 Å². The van der Waals surface area contributed by atoms with Gasteiger partial charge in [0.15, 0.2) is 0 Å². The molecule has 27 heavy (non-hydrogen) atoms. The summed E-state index contributed by atoms with van der Waals surface area (Å²) < 4.78 is 42.6. The van der Waals surface area contributed by atoms with Crippen molar-refractivity contribution >= 4 is 6.03 Å². The molecular formula is C18H21F3N4O2. The number of alkyl halides is 3. The molecule has 1 aromatic heterocycles. The van der Waals surface area contributed by atoms with Crippen molar-refractivity contribution in [3.8, 4) is 0 Å². The number of likely N-dealkylation sites (tertiary alicyclic amines) is 1. The fraction of sp³-hybridized carbons (Fsp3) is 0.500. The Hall–Kier alpha value is -2.58. The van der Waals surface area contributed by atoms with Gasteiger partial charge in [0.25, 0.3) is 0 Å². The van der Waals surface area contributed by atoms with Crippen LogP contribution in [-0.2, 0) is 12.6 Å². The number of amides is 2. The molecule has 1 fully saturated rings. The average Bonchev–Trinajstić information content (AvgIpc) is 3.17. The summed E-state index contributed by atoms with van der Waals surface area (Å²) in [5.41, 5.74) is 1.21. The first-order valence-electron chi connectivity index (χ1n) is 8.91. The van der Waals surface area contributed by atoms with Crippen LogP contribution in [0.4, 0.5) is 18.0 Å². The molecule has 0 radical (unpaired) electrons. The van der Waals surface area contributed by atoms with Crippen LogP contribution in [0.3, 0.4) is 0 Å². The van der Waals surface area contributed by atoms with Crippen molar-refractivity contribution in [3.63, 3.8) is 0 Å². The van der Waals surface area contributed by atoms with Gasteiger partial charge in [-0.05, 0) is 31.2 Å². The molecule has 0 aliphatic carbocycles. The summed E-state index contributed by atoms with van der Waals surface area (Å²) in [6.07, 6.45) is -1.70. The van der Waals surface area contributed by atoms with Crippen LogP contribution in [0.1, 0.15) is 42.5 Å². The van der Waals surface area contributed by atoms with Gasteiger partial charge in [-0.3, -0.25) is 0 Å². The van der Waals surface area contributed by atoms with E-state index >= 15 is 0 Å². The van der Waals surface area contributed by atoms with Crippen LogP contribution in [0, 0.1) is 0 Å². The largest absolute Gasteiger partial charge is 0.470 e. The van der Waals surface area contributed by atoms with E-state index < -0.39 is 12.1 Å². The first-order chi connectivity index (χ1) is 12.9. The molecule has 0 unspecified atom stereocenters. The average molecular weight is 382 g/mol. The molecule has 0 saturated carbocycles. The number of hydrogen-bond donors (Lipinski definition) is 1. The van der Waals surface area contributed by atoms with Gasteiger partial charge < -0.3 is 14.6 Å². The second kappa shape index (κ2) is 8.41. The van der Waals surface area contributed by atoms with Crippen LogP contribution in [0.15, 0.2) is 34.7 Å². The molecule has 2 heterocycles. The lowest BCUT2D eigenvalue weighted by Gasteiger charge is -2.31. The summed E-state index contributed by atoms with van der Waals surface area (Å²) in [6.45, 7) is 1.36. The summed E-state index contributed by atoms with van der Waals surface area (Å²) in [6, 6.07) is 9.77. The smallest absolute Gasteiger partial charge is 0.417 e. The molecular weight excluding hydrogens is 361 g/mol. The van der Waals surface area contributed by atoms with E-state index in [0.29, 0.717) is 25.9 Å². The minimum atomic E-state index is -4.66. The number of halogens is 3. The summed E-state index contributed by atoms with van der Waals surface area (Å²) in [4.78, 5) is 13.9. The van der Waals surface area contributed by atoms with Gasteiger partial charge in [0.05, 0.1) is 5.92 Å². The number of piperidine rings is 1. The molecule has 0 bridgehead atoms. The second-order valence-corrected chi connectivity index (χ2v) is 6.55. The van der Waals surface area contributed by atoms with E-state index in [-0.39, 0.29) is 24.4 Å². The summed E-state index contributed by atoms with van der Waals surface area (Å²) in [5.74, 6) is -1.79. The van der Waals surface area contributed by atoms with Crippen LogP contribution >= 0.6 is 0 Å². The molecule has 1 N–H and O–H groups in total. The van der Waals surface area contributed by atoms with Gasteiger partial charge in [-0.1, -0.05) is 30.3 Å². The summed E-state index contributed by atoms with van der Waals surface area (Å²) in [5, 5.41) is 9.44. The van der Waals surface area contributed by atoms with Crippen molar-refractivity contribution in [2.24, 2.45) is 0 Å². The standard InChI is InChI=1S/C18H21F3N4O2/c19-18(20,21)16-24-23-15(27-16)14-9-5-11-25(12-14)17(26)22-10-4-8-13-6-2-1-3-7-13/h1-3,6-7,14H,4-5,8-12H2,(H,22,26)/t14-/m1/s1. The number of carbonyl (C=O) groups excluding carboxylic acids is 1. The maximum Gasteiger partial charge on any atom is 0.470 e. The number of urea groups is 1. The Balaban J connectivity index is 1.47. The third-order valence-electron chi connectivity index (χ3n) is 4.50. The lowest BCUT2D eigenvalue weighted by atomic mass is 9.98. The lowest BCUT2D eigenvalue weighted by molar-refractivity contribution is -0.157. The predicted octanol–water partition coefficient (Wildman–Crippen LogP) is 3.61. The number of nitrogens with one attached hydrogen (secondary N) is 1. The normalized spacial score (nSPS) is 17.7. The van der Waals surface area contributed by atoms with E-state index in [4.69, 9.17) is 4.42 Å². The third-order valence-corrected chi connectivity index (χ3v) is 4.50. The molecule has 0 spiro atoms. The van der Waals surface area contributed by atoms with Gasteiger partial charge in [0.1, 0.15) is 0 Å². The van der Waals surface area contributed by atoms with Gasteiger partial charge in [-0.2, -0.15) is 13.2 Å². The van der Waals surface area contributed by atoms with Crippen molar-refractivity contribution in [2.75, 3.05) is 19.6 Å². The van der Waals surface area contributed by atoms with Crippen LogP contribution in [0.2, 0.25) is 0 Å². The SMILES string of the molecule is O=C(NCCCc1ccccc1)N1CCC[C@@H](c2nnc(C(F)(F)F)o2)C1. The van der Waals surface area contributed by atoms with E-state index in [1.807, 2.05) is 30.3 Å². The van der Waals surface area contributed by atoms with E-state index in [2.05, 4.69) is 15.5 Å². The highest BCUT2D eigenvalue weighted by atomic mass is 19.4. The highest BCUT2D eigenvalue weighted by Crippen LogP contribution is 2.31. The number of benzene rings is 1. The Morgan fingerprint density at radius 3 is 2.74 bits per heavy atom. The third kappa shape index (κ3) is 5.21. The van der Waals surface area contributed by atoms with Crippen LogP contribution < -0.4 is 5.32 Å². The van der Waals surface area contributed by atoms with Crippen molar-refractivity contribution in [1.82, 2.24) is 20.4 Å². The molecule has 2 aromatic rings. The molecule has 1 aromatic carbocycles. The van der Waals surface area contributed by atoms with Crippen LogP contribution in [0.25, 0.3) is 0 Å². The lowest BCUT2D eigenvalue weighted by Crippen LogP contribution is -2.45. The van der Waals surface area contributed by atoms with Crippen molar-refractivity contribution in [1.29, 1.82) is 0 Å². The molecule has 1 aliphatic rings. The van der Waals surface area contributed by atoms with Crippen molar-refractivity contribution < 1.29 is 22.4 Å². The Morgan fingerprint density at radius 2 is 2.04 bits per heavy atom. The van der Waals surface area contributed by atoms with Crippen LogP contribution in [-0.4, -0.2) is 40.8 Å². The van der Waals surface area contributed by atoms with E-state index in [0.717, 1.165) is 12.8 Å². The second-order valence-electron chi connectivity index (χ2n) is 6.55. The molecule has 146 valence electrons. The summed E-state index contributed by atoms with van der Waals surface area (Å²) in [7, 11) is 0. The molecule has 3 rings (SSSR count). The maximum atomic E-state index is 12.6. The molecule has 1 atom stereocenters. The molecule has 2 amide bonds. The Labute approximate surface area is 154 Å². The van der Waals surface area contributed by atoms with Gasteiger partial charge in [-0.15, -0.1) is 10.2 Å². The van der Waals surface area contributed by atoms with Gasteiger partial charge in [0, 0.05) is 19.6 Å². The van der Waals surface area contributed by atoms with Gasteiger partial charge in [0.2, 0.25) is 5.89 Å². The minimum Gasteiger partial charge on any atom is -0.417 e. The number of aryl methyl sites for hydroxylation is 1. The highest BCUT2D eigenvalue weighted by molar-refractivity contribution is 5.74. The van der Waals surface area contributed by atoms with Gasteiger partial charge >= 0.3 is 18.1 Å². The van der Waals surface area contributed by atoms with Crippen molar-refractivity contribution in [3.05, 3.63) is 47.7 Å². The minimum absolute atomic E-state index is 0.0658. The Kier molecular flexibility index (Phi) is 5.98. The zero-order chi connectivity index (χ0) is 19.3. The first-order valence-corrected chi connectivity index (χ1v) is 8.91. The monoisotopic (exact) mass is 382 g/mol. The first kappa shape index (κ1) is 19.2. The van der Waals surface area contributed by atoms with E-state index in [9.17, 15) is 18.0 Å². The maximum absolute atomic E-state index is 12.6.